The Labute approximate surface area is 328 Å². The van der Waals surface area contributed by atoms with Crippen molar-refractivity contribution in [2.45, 2.75) is 212 Å². The van der Waals surface area contributed by atoms with E-state index in [1.807, 2.05) is 21.0 Å². The molecule has 2 atom stereocenters. The van der Waals surface area contributed by atoms with Gasteiger partial charge in [0.25, 0.3) is 0 Å². The average Bonchev–Trinajstić information content (AvgIpc) is 3.37. The van der Waals surface area contributed by atoms with E-state index in [0.29, 0.717) is 6.42 Å². The summed E-state index contributed by atoms with van der Waals surface area (Å²) in [5, 5.41) is 11.1. The maximum atomic E-state index is 12.6. The second-order valence-corrected chi connectivity index (χ2v) is 15.9. The first-order valence-corrected chi connectivity index (χ1v) is 22.3. The van der Waals surface area contributed by atoms with E-state index >= 15 is 0 Å². The van der Waals surface area contributed by atoms with Gasteiger partial charge in [0.1, 0.15) is 12.2 Å². The molecule has 1 rings (SSSR count). The van der Waals surface area contributed by atoms with Crippen molar-refractivity contribution < 1.29 is 19.4 Å². The monoisotopic (exact) mass is 740 g/mol. The molecule has 0 aromatic rings. The Bertz CT molecular complexity index is 1020. The molecule has 5 nitrogen and oxygen atoms in total. The van der Waals surface area contributed by atoms with Crippen LogP contribution < -0.4 is 0 Å². The number of rotatable bonds is 36. The zero-order chi connectivity index (χ0) is 38.7. The van der Waals surface area contributed by atoms with Crippen LogP contribution in [-0.2, 0) is 14.3 Å². The summed E-state index contributed by atoms with van der Waals surface area (Å²) in [6, 6.07) is 0. The van der Waals surface area contributed by atoms with Crippen LogP contribution in [0.5, 0.6) is 0 Å². The number of esters is 1. The van der Waals surface area contributed by atoms with E-state index in [4.69, 9.17) is 9.47 Å². The standard InChI is InChI=1S/C48H85NO4/c1-6-8-10-12-14-16-18-20-22-24-26-28-30-32-34-36-39-44-45(48(3,53-47(44)51)43-52-46(50)41-38-42-49(4)5)40-37-35-33-31-29-27-25-23-21-19-17-15-13-11-9-7-2/h14-17,20-23,47,51H,6-13,18-19,24-43H2,1-5H3/b16-14-,17-15-,22-20-,23-21-/t47-,48?/m1/s1. The molecule has 0 saturated carbocycles. The smallest absolute Gasteiger partial charge is 0.305 e. The van der Waals surface area contributed by atoms with Crippen molar-refractivity contribution in [1.82, 2.24) is 4.90 Å². The van der Waals surface area contributed by atoms with Gasteiger partial charge in [-0.1, -0.05) is 140 Å². The van der Waals surface area contributed by atoms with Gasteiger partial charge in [-0.15, -0.1) is 0 Å². The van der Waals surface area contributed by atoms with E-state index in [2.05, 4.69) is 67.4 Å². The van der Waals surface area contributed by atoms with E-state index < -0.39 is 11.9 Å². The Hall–Kier alpha value is -1.95. The normalized spacial score (nSPS) is 18.1. The summed E-state index contributed by atoms with van der Waals surface area (Å²) in [6.45, 7) is 7.56. The lowest BCUT2D eigenvalue weighted by Gasteiger charge is -2.27. The van der Waals surface area contributed by atoms with Crippen LogP contribution in [0.2, 0.25) is 0 Å². The van der Waals surface area contributed by atoms with E-state index in [1.165, 1.54) is 134 Å². The number of nitrogens with zero attached hydrogens (tertiary/aromatic N) is 1. The highest BCUT2D eigenvalue weighted by atomic mass is 16.6. The van der Waals surface area contributed by atoms with Gasteiger partial charge < -0.3 is 19.5 Å². The lowest BCUT2D eigenvalue weighted by Crippen LogP contribution is -2.36. The van der Waals surface area contributed by atoms with E-state index in [0.717, 1.165) is 57.1 Å². The summed E-state index contributed by atoms with van der Waals surface area (Å²) in [5.41, 5.74) is 1.47. The topological polar surface area (TPSA) is 59.0 Å². The highest BCUT2D eigenvalue weighted by Crippen LogP contribution is 2.41. The summed E-state index contributed by atoms with van der Waals surface area (Å²) >= 11 is 0. The zero-order valence-corrected chi connectivity index (χ0v) is 35.5. The first kappa shape index (κ1) is 49.1. The molecule has 0 fully saturated rings. The van der Waals surface area contributed by atoms with Crippen molar-refractivity contribution in [2.75, 3.05) is 27.2 Å². The molecule has 1 aliphatic heterocycles. The van der Waals surface area contributed by atoms with Crippen molar-refractivity contribution in [3.8, 4) is 0 Å². The summed E-state index contributed by atoms with van der Waals surface area (Å²) in [4.78, 5) is 14.6. The van der Waals surface area contributed by atoms with Gasteiger partial charge in [-0.05, 0) is 135 Å². The first-order valence-electron chi connectivity index (χ1n) is 22.3. The Morgan fingerprint density at radius 1 is 0.642 bits per heavy atom. The van der Waals surface area contributed by atoms with Gasteiger partial charge in [0.15, 0.2) is 6.29 Å². The molecule has 0 amide bonds. The Balaban J connectivity index is 2.46. The van der Waals surface area contributed by atoms with Gasteiger partial charge in [-0.3, -0.25) is 4.79 Å². The number of allylic oxidation sites excluding steroid dienone is 8. The van der Waals surface area contributed by atoms with Crippen molar-refractivity contribution >= 4 is 5.97 Å². The maximum absolute atomic E-state index is 12.6. The molecule has 0 bridgehead atoms. The average molecular weight is 740 g/mol. The van der Waals surface area contributed by atoms with Gasteiger partial charge in [-0.25, -0.2) is 0 Å². The number of ether oxygens (including phenoxy) is 2. The number of hydrogen-bond donors (Lipinski definition) is 1. The van der Waals surface area contributed by atoms with Crippen LogP contribution in [0, 0.1) is 0 Å². The fourth-order valence-electron chi connectivity index (χ4n) is 7.12. The van der Waals surface area contributed by atoms with Gasteiger partial charge in [0, 0.05) is 6.42 Å². The molecule has 1 aliphatic rings. The van der Waals surface area contributed by atoms with E-state index in [-0.39, 0.29) is 12.6 Å². The minimum atomic E-state index is -0.898. The second kappa shape index (κ2) is 34.5. The summed E-state index contributed by atoms with van der Waals surface area (Å²) in [6.07, 6.45) is 50.0. The van der Waals surface area contributed by atoms with Crippen LogP contribution in [-0.4, -0.2) is 55.1 Å². The predicted molar refractivity (Wildman–Crippen MR) is 229 cm³/mol. The van der Waals surface area contributed by atoms with Crippen molar-refractivity contribution in [1.29, 1.82) is 0 Å². The number of aliphatic hydroxyl groups is 1. The molecule has 1 heterocycles. The summed E-state index contributed by atoms with van der Waals surface area (Å²) < 4.78 is 12.0. The quantitative estimate of drug-likeness (QED) is 0.0394. The number of unbranched alkanes of at least 4 members (excludes halogenated alkanes) is 18. The fraction of sp³-hybridized carbons (Fsp3) is 0.771. The molecular weight excluding hydrogens is 655 g/mol. The summed E-state index contributed by atoms with van der Waals surface area (Å²) in [5.74, 6) is -0.183. The van der Waals surface area contributed by atoms with Crippen LogP contribution in [0.4, 0.5) is 0 Å². The molecule has 53 heavy (non-hydrogen) atoms. The van der Waals surface area contributed by atoms with Gasteiger partial charge in [0.2, 0.25) is 0 Å². The Morgan fingerprint density at radius 3 is 1.55 bits per heavy atom. The van der Waals surface area contributed by atoms with Crippen molar-refractivity contribution in [3.05, 3.63) is 59.8 Å². The molecule has 0 aromatic heterocycles. The number of carbonyl (C=O) groups excluding carboxylic acids is 1. The number of hydrogen-bond acceptors (Lipinski definition) is 5. The lowest BCUT2D eigenvalue weighted by atomic mass is 9.87. The van der Waals surface area contributed by atoms with Gasteiger partial charge >= 0.3 is 5.97 Å². The molecule has 306 valence electrons. The largest absolute Gasteiger partial charge is 0.462 e. The van der Waals surface area contributed by atoms with Crippen LogP contribution in [0.25, 0.3) is 0 Å². The molecule has 1 unspecified atom stereocenters. The predicted octanol–water partition coefficient (Wildman–Crippen LogP) is 13.7. The Kier molecular flexibility index (Phi) is 32.0. The highest BCUT2D eigenvalue weighted by Gasteiger charge is 2.43. The third-order valence-corrected chi connectivity index (χ3v) is 10.5. The minimum Gasteiger partial charge on any atom is -0.462 e. The third kappa shape index (κ3) is 27.3. The van der Waals surface area contributed by atoms with Crippen LogP contribution in [0.15, 0.2) is 59.8 Å². The molecule has 5 heteroatoms. The van der Waals surface area contributed by atoms with Crippen LogP contribution in [0.3, 0.4) is 0 Å². The lowest BCUT2D eigenvalue weighted by molar-refractivity contribution is -0.166. The van der Waals surface area contributed by atoms with E-state index in [1.54, 1.807) is 0 Å². The molecule has 0 aliphatic carbocycles. The molecule has 0 saturated heterocycles. The number of aliphatic hydroxyl groups excluding tert-OH is 1. The van der Waals surface area contributed by atoms with Crippen molar-refractivity contribution in [3.63, 3.8) is 0 Å². The summed E-state index contributed by atoms with van der Waals surface area (Å²) in [7, 11) is 4.03. The second-order valence-electron chi connectivity index (χ2n) is 15.9. The van der Waals surface area contributed by atoms with E-state index in [9.17, 15) is 9.90 Å². The molecular formula is C48H85NO4. The molecule has 0 spiro atoms. The minimum absolute atomic E-state index is 0.176. The SMILES string of the molecule is CCCCC/C=C\C/C=C\CCCCCCCCC1=C(CCCCCCCC/C=C\C/C=C\CCCCC)C(C)(COC(=O)CCCN(C)C)O[C@H]1O. The number of carbonyl (C=O) groups is 1. The van der Waals surface area contributed by atoms with Crippen LogP contribution >= 0.6 is 0 Å². The molecule has 0 radical (unpaired) electrons. The third-order valence-electron chi connectivity index (χ3n) is 10.5. The molecule has 0 aromatic carbocycles. The maximum Gasteiger partial charge on any atom is 0.305 e. The van der Waals surface area contributed by atoms with Crippen LogP contribution in [0.1, 0.15) is 201 Å². The molecule has 1 N–H and O–H groups in total. The zero-order valence-electron chi connectivity index (χ0n) is 35.5. The van der Waals surface area contributed by atoms with Crippen molar-refractivity contribution in [2.24, 2.45) is 0 Å². The fourth-order valence-corrected chi connectivity index (χ4v) is 7.12. The highest BCUT2D eigenvalue weighted by molar-refractivity contribution is 5.69. The first-order chi connectivity index (χ1) is 25.8. The van der Waals surface area contributed by atoms with Gasteiger partial charge in [-0.2, -0.15) is 0 Å². The Morgan fingerprint density at radius 2 is 1.08 bits per heavy atom. The van der Waals surface area contributed by atoms with Gasteiger partial charge in [0.05, 0.1) is 0 Å².